The quantitative estimate of drug-likeness (QED) is 0.606. The second kappa shape index (κ2) is 8.62. The standard InChI is InChI=1S/C22H23N3O4S/c1-4-29-17-8-6-16(7-9-17)24-13-23-22-25(14-24)21(26)20(30-22)12-15-5-10-18(27-2)19(11-15)28-3/h5-12H,4,13-14H2,1-3H3/b20-12+. The van der Waals surface area contributed by atoms with E-state index in [4.69, 9.17) is 14.2 Å². The maximum absolute atomic E-state index is 13.0. The summed E-state index contributed by atoms with van der Waals surface area (Å²) in [6, 6.07) is 13.4. The molecule has 0 fully saturated rings. The number of ether oxygens (including phenoxy) is 3. The zero-order chi connectivity index (χ0) is 21.1. The number of nitrogens with zero attached hydrogens (tertiary/aromatic N) is 3. The van der Waals surface area contributed by atoms with E-state index in [-0.39, 0.29) is 5.56 Å². The molecule has 0 atom stereocenters. The monoisotopic (exact) mass is 425 g/mol. The van der Waals surface area contributed by atoms with E-state index < -0.39 is 0 Å². The number of thiazole rings is 1. The van der Waals surface area contributed by atoms with Crippen LogP contribution in [-0.4, -0.2) is 32.1 Å². The molecular formula is C22H23N3O4S. The molecule has 0 unspecified atom stereocenters. The number of hydrogen-bond donors (Lipinski definition) is 0. The number of benzene rings is 2. The van der Waals surface area contributed by atoms with Crippen LogP contribution in [0.2, 0.25) is 0 Å². The van der Waals surface area contributed by atoms with Gasteiger partial charge in [-0.05, 0) is 55.0 Å². The van der Waals surface area contributed by atoms with Gasteiger partial charge < -0.3 is 19.1 Å². The normalized spacial score (nSPS) is 13.6. The van der Waals surface area contributed by atoms with Crippen LogP contribution in [0.4, 0.5) is 5.69 Å². The highest BCUT2D eigenvalue weighted by molar-refractivity contribution is 7.07. The molecule has 0 bridgehead atoms. The lowest BCUT2D eigenvalue weighted by Crippen LogP contribution is -2.42. The molecular weight excluding hydrogens is 402 g/mol. The Balaban J connectivity index is 1.63. The van der Waals surface area contributed by atoms with Gasteiger partial charge in [0.2, 0.25) is 0 Å². The van der Waals surface area contributed by atoms with Crippen LogP contribution in [-0.2, 0) is 6.67 Å². The molecule has 156 valence electrons. The number of hydrogen-bond acceptors (Lipinski definition) is 7. The number of fused-ring (bicyclic) bond motifs is 1. The van der Waals surface area contributed by atoms with Crippen molar-refractivity contribution in [2.24, 2.45) is 4.99 Å². The second-order valence-electron chi connectivity index (χ2n) is 6.65. The summed E-state index contributed by atoms with van der Waals surface area (Å²) in [6.45, 7) is 3.55. The maximum atomic E-state index is 13.0. The zero-order valence-corrected chi connectivity index (χ0v) is 17.9. The van der Waals surface area contributed by atoms with Crippen molar-refractivity contribution in [2.75, 3.05) is 32.4 Å². The average molecular weight is 426 g/mol. The first kappa shape index (κ1) is 20.0. The molecule has 8 heteroatoms. The highest BCUT2D eigenvalue weighted by Crippen LogP contribution is 2.27. The summed E-state index contributed by atoms with van der Waals surface area (Å²) >= 11 is 1.40. The molecule has 0 saturated carbocycles. The van der Waals surface area contributed by atoms with Crippen molar-refractivity contribution in [3.63, 3.8) is 0 Å². The minimum atomic E-state index is -0.0517. The topological polar surface area (TPSA) is 65.3 Å². The molecule has 0 saturated heterocycles. The minimum absolute atomic E-state index is 0.0517. The highest BCUT2D eigenvalue weighted by Gasteiger charge is 2.16. The Kier molecular flexibility index (Phi) is 5.76. The van der Waals surface area contributed by atoms with Crippen molar-refractivity contribution in [1.82, 2.24) is 4.57 Å². The van der Waals surface area contributed by atoms with E-state index in [2.05, 4.69) is 9.89 Å². The van der Waals surface area contributed by atoms with Crippen molar-refractivity contribution in [3.8, 4) is 17.2 Å². The summed E-state index contributed by atoms with van der Waals surface area (Å²) in [5.74, 6) is 2.10. The van der Waals surface area contributed by atoms with Gasteiger partial charge in [-0.15, -0.1) is 0 Å². The van der Waals surface area contributed by atoms with Crippen LogP contribution in [0.5, 0.6) is 17.2 Å². The summed E-state index contributed by atoms with van der Waals surface area (Å²) < 4.78 is 18.5. The maximum Gasteiger partial charge on any atom is 0.271 e. The second-order valence-corrected chi connectivity index (χ2v) is 7.66. The molecule has 1 aliphatic heterocycles. The fourth-order valence-electron chi connectivity index (χ4n) is 3.29. The van der Waals surface area contributed by atoms with Crippen LogP contribution in [0.1, 0.15) is 12.5 Å². The van der Waals surface area contributed by atoms with Gasteiger partial charge >= 0.3 is 0 Å². The lowest BCUT2D eigenvalue weighted by atomic mass is 10.2. The molecule has 2 heterocycles. The van der Waals surface area contributed by atoms with Gasteiger partial charge in [-0.3, -0.25) is 9.36 Å². The minimum Gasteiger partial charge on any atom is -0.494 e. The molecule has 0 spiro atoms. The number of rotatable bonds is 6. The molecule has 1 aromatic heterocycles. The first-order valence-electron chi connectivity index (χ1n) is 9.58. The fraction of sp³-hybridized carbons (Fsp3) is 0.273. The van der Waals surface area contributed by atoms with Crippen LogP contribution in [0.25, 0.3) is 6.08 Å². The Morgan fingerprint density at radius 2 is 1.87 bits per heavy atom. The Hall–Kier alpha value is -3.26. The van der Waals surface area contributed by atoms with Crippen LogP contribution in [0.3, 0.4) is 0 Å². The Morgan fingerprint density at radius 1 is 1.10 bits per heavy atom. The Labute approximate surface area is 178 Å². The van der Waals surface area contributed by atoms with Gasteiger partial charge in [-0.25, -0.2) is 4.99 Å². The molecule has 4 rings (SSSR count). The largest absolute Gasteiger partial charge is 0.494 e. The Morgan fingerprint density at radius 3 is 2.57 bits per heavy atom. The van der Waals surface area contributed by atoms with Gasteiger partial charge in [-0.1, -0.05) is 17.4 Å². The third kappa shape index (κ3) is 3.91. The lowest BCUT2D eigenvalue weighted by Gasteiger charge is -2.25. The van der Waals surface area contributed by atoms with Crippen molar-refractivity contribution in [3.05, 3.63) is 67.7 Å². The molecule has 7 nitrogen and oxygen atoms in total. The number of aromatic nitrogens is 1. The van der Waals surface area contributed by atoms with E-state index in [1.54, 1.807) is 18.8 Å². The predicted octanol–water partition coefficient (Wildman–Crippen LogP) is 2.21. The third-order valence-corrected chi connectivity index (χ3v) is 5.84. The average Bonchev–Trinajstić information content (AvgIpc) is 3.09. The zero-order valence-electron chi connectivity index (χ0n) is 17.1. The van der Waals surface area contributed by atoms with E-state index in [1.807, 2.05) is 55.5 Å². The van der Waals surface area contributed by atoms with E-state index >= 15 is 0 Å². The molecule has 3 aromatic rings. The van der Waals surface area contributed by atoms with Gasteiger partial charge in [0.05, 0.1) is 25.4 Å². The van der Waals surface area contributed by atoms with E-state index in [0.29, 0.717) is 36.0 Å². The number of methoxy groups -OCH3 is 2. The molecule has 0 aliphatic carbocycles. The first-order valence-corrected chi connectivity index (χ1v) is 10.4. The van der Waals surface area contributed by atoms with Crippen LogP contribution < -0.4 is 34.0 Å². The van der Waals surface area contributed by atoms with Crippen LogP contribution in [0, 0.1) is 0 Å². The molecule has 0 amide bonds. The third-order valence-electron chi connectivity index (χ3n) is 4.80. The van der Waals surface area contributed by atoms with E-state index in [9.17, 15) is 4.79 Å². The van der Waals surface area contributed by atoms with Crippen molar-refractivity contribution in [2.45, 2.75) is 13.6 Å². The summed E-state index contributed by atoms with van der Waals surface area (Å²) in [4.78, 5) is 20.4. The predicted molar refractivity (Wildman–Crippen MR) is 117 cm³/mol. The van der Waals surface area contributed by atoms with Gasteiger partial charge in [0, 0.05) is 5.69 Å². The Bertz CT molecular complexity index is 1210. The van der Waals surface area contributed by atoms with Crippen LogP contribution in [0.15, 0.2) is 52.3 Å². The first-order chi connectivity index (χ1) is 14.6. The van der Waals surface area contributed by atoms with Crippen molar-refractivity contribution >= 4 is 23.1 Å². The van der Waals surface area contributed by atoms with Gasteiger partial charge in [-0.2, -0.15) is 0 Å². The van der Waals surface area contributed by atoms with Gasteiger partial charge in [0.1, 0.15) is 19.1 Å². The van der Waals surface area contributed by atoms with Gasteiger partial charge in [0.25, 0.3) is 5.56 Å². The summed E-state index contributed by atoms with van der Waals surface area (Å²) in [5.41, 5.74) is 1.81. The summed E-state index contributed by atoms with van der Waals surface area (Å²) in [7, 11) is 3.19. The van der Waals surface area contributed by atoms with Crippen LogP contribution >= 0.6 is 11.3 Å². The van der Waals surface area contributed by atoms with E-state index in [0.717, 1.165) is 21.8 Å². The van der Waals surface area contributed by atoms with E-state index in [1.165, 1.54) is 11.3 Å². The van der Waals surface area contributed by atoms with Crippen molar-refractivity contribution < 1.29 is 14.2 Å². The summed E-state index contributed by atoms with van der Waals surface area (Å²) in [5, 5.41) is 0. The summed E-state index contributed by atoms with van der Waals surface area (Å²) in [6.07, 6.45) is 1.86. The number of anilines is 1. The molecule has 2 aromatic carbocycles. The molecule has 1 aliphatic rings. The van der Waals surface area contributed by atoms with Gasteiger partial charge in [0.15, 0.2) is 16.3 Å². The fourth-order valence-corrected chi connectivity index (χ4v) is 4.25. The molecule has 0 radical (unpaired) electrons. The SMILES string of the molecule is CCOc1ccc(N2CN=c3s/c(=C/c4ccc(OC)c(OC)c4)c(=O)n3C2)cc1. The van der Waals surface area contributed by atoms with Crippen molar-refractivity contribution in [1.29, 1.82) is 0 Å². The highest BCUT2D eigenvalue weighted by atomic mass is 32.1. The lowest BCUT2D eigenvalue weighted by molar-refractivity contribution is 0.340. The molecule has 0 N–H and O–H groups in total. The molecule has 30 heavy (non-hydrogen) atoms. The smallest absolute Gasteiger partial charge is 0.271 e.